The van der Waals surface area contributed by atoms with Crippen LogP contribution in [0.15, 0.2) is 18.2 Å². The number of fused-ring (bicyclic) bond motifs is 3. The van der Waals surface area contributed by atoms with Gasteiger partial charge in [-0.25, -0.2) is 13.2 Å². The minimum atomic E-state index is -0.944. The van der Waals surface area contributed by atoms with Gasteiger partial charge in [0.1, 0.15) is 47.0 Å². The molecule has 276 valence electrons. The van der Waals surface area contributed by atoms with E-state index >= 15 is 4.39 Å². The van der Waals surface area contributed by atoms with Crippen LogP contribution in [0.3, 0.4) is 0 Å². The number of benzene rings is 2. The van der Waals surface area contributed by atoms with Crippen molar-refractivity contribution >= 4 is 60.7 Å². The Bertz CT molecular complexity index is 2260. The van der Waals surface area contributed by atoms with Gasteiger partial charge in [0.15, 0.2) is 5.82 Å². The number of amides is 1. The molecule has 5 atom stereocenters. The van der Waals surface area contributed by atoms with E-state index in [4.69, 9.17) is 27.1 Å². The van der Waals surface area contributed by atoms with E-state index in [-0.39, 0.29) is 72.3 Å². The number of likely N-dealkylation sites (tertiary alicyclic amines) is 1. The lowest BCUT2D eigenvalue weighted by Crippen LogP contribution is -2.43. The predicted octanol–water partition coefficient (Wildman–Crippen LogP) is 6.03. The molecular formula is C38H38ClF3N8O2S. The zero-order chi connectivity index (χ0) is 36.4. The highest BCUT2D eigenvalue weighted by molar-refractivity contribution is 7.23. The second-order valence-electron chi connectivity index (χ2n) is 16.1. The van der Waals surface area contributed by atoms with Crippen molar-refractivity contribution in [3.05, 3.63) is 40.4 Å². The van der Waals surface area contributed by atoms with Crippen molar-refractivity contribution in [2.45, 2.75) is 68.7 Å². The maximum Gasteiger partial charge on any atom is 0.319 e. The fourth-order valence-corrected chi connectivity index (χ4v) is 11.1. The number of alkyl halides is 1. The number of nitrogens with zero attached hydrogens (tertiary/aromatic N) is 6. The number of anilines is 2. The third-order valence-corrected chi connectivity index (χ3v) is 14.1. The summed E-state index contributed by atoms with van der Waals surface area (Å²) >= 11 is 7.86. The molecule has 10 rings (SSSR count). The molecule has 6 aliphatic rings. The Balaban J connectivity index is 1.03. The van der Waals surface area contributed by atoms with Gasteiger partial charge < -0.3 is 20.3 Å². The summed E-state index contributed by atoms with van der Waals surface area (Å²) in [5.74, 6) is -0.0532. The number of hydrogen-bond donors (Lipinski definition) is 2. The monoisotopic (exact) mass is 762 g/mol. The van der Waals surface area contributed by atoms with Crippen LogP contribution in [-0.4, -0.2) is 95.3 Å². The molecule has 2 aromatic heterocycles. The Labute approximate surface area is 313 Å². The fraction of sp³-hybridized carbons (Fsp3) is 0.526. The average molecular weight is 763 g/mol. The highest BCUT2D eigenvalue weighted by Crippen LogP contribution is 2.48. The molecule has 1 amide bonds. The number of nitriles is 1. The van der Waals surface area contributed by atoms with Crippen LogP contribution < -0.4 is 20.7 Å². The number of nitrogen functional groups attached to an aromatic ring is 1. The van der Waals surface area contributed by atoms with Gasteiger partial charge in [-0.2, -0.15) is 15.2 Å². The van der Waals surface area contributed by atoms with Crippen molar-refractivity contribution in [1.82, 2.24) is 25.1 Å². The van der Waals surface area contributed by atoms with Crippen molar-refractivity contribution in [2.24, 2.45) is 11.3 Å². The fourth-order valence-electron chi connectivity index (χ4n) is 9.88. The number of halogens is 4. The Kier molecular flexibility index (Phi) is 7.65. The first-order valence-corrected chi connectivity index (χ1v) is 19.7. The smallest absolute Gasteiger partial charge is 0.319 e. The number of thiophene rings is 1. The van der Waals surface area contributed by atoms with Gasteiger partial charge in [-0.05, 0) is 68.7 Å². The largest absolute Gasteiger partial charge is 0.461 e. The minimum absolute atomic E-state index is 0.0277. The van der Waals surface area contributed by atoms with Crippen LogP contribution in [0.1, 0.15) is 50.5 Å². The van der Waals surface area contributed by atoms with Gasteiger partial charge in [0.2, 0.25) is 5.91 Å². The summed E-state index contributed by atoms with van der Waals surface area (Å²) < 4.78 is 53.3. The van der Waals surface area contributed by atoms with E-state index in [2.05, 4.69) is 20.1 Å². The van der Waals surface area contributed by atoms with Crippen LogP contribution in [0.4, 0.5) is 24.0 Å². The van der Waals surface area contributed by atoms with Crippen LogP contribution in [0, 0.1) is 34.3 Å². The van der Waals surface area contributed by atoms with Crippen molar-refractivity contribution < 1.29 is 22.7 Å². The molecule has 15 heteroatoms. The van der Waals surface area contributed by atoms with Crippen LogP contribution in [-0.2, 0) is 4.79 Å². The number of carbonyl (C=O) groups excluding carboxylic acids is 1. The van der Waals surface area contributed by atoms with E-state index in [1.54, 1.807) is 6.07 Å². The van der Waals surface area contributed by atoms with Gasteiger partial charge in [-0.1, -0.05) is 17.7 Å². The third-order valence-electron chi connectivity index (χ3n) is 12.8. The normalized spacial score (nSPS) is 29.5. The Morgan fingerprint density at radius 2 is 2.00 bits per heavy atom. The van der Waals surface area contributed by atoms with Crippen molar-refractivity contribution in [1.29, 1.82) is 5.26 Å². The van der Waals surface area contributed by atoms with Gasteiger partial charge >= 0.3 is 6.01 Å². The minimum Gasteiger partial charge on any atom is -0.461 e. The number of carbonyl (C=O) groups is 1. The van der Waals surface area contributed by atoms with Crippen molar-refractivity contribution in [3.8, 4) is 23.2 Å². The number of hydrogen-bond acceptors (Lipinski definition) is 10. The zero-order valence-corrected chi connectivity index (χ0v) is 30.5. The molecular weight excluding hydrogens is 725 g/mol. The summed E-state index contributed by atoms with van der Waals surface area (Å²) in [6, 6.07) is 6.51. The summed E-state index contributed by atoms with van der Waals surface area (Å²) in [6.45, 7) is 3.90. The predicted molar refractivity (Wildman–Crippen MR) is 197 cm³/mol. The molecule has 6 fully saturated rings. The quantitative estimate of drug-likeness (QED) is 0.217. The van der Waals surface area contributed by atoms with E-state index < -0.39 is 23.3 Å². The van der Waals surface area contributed by atoms with Gasteiger partial charge in [0.25, 0.3) is 0 Å². The summed E-state index contributed by atoms with van der Waals surface area (Å²) in [7, 11) is 0. The first-order valence-electron chi connectivity index (χ1n) is 18.5. The molecule has 7 heterocycles. The number of nitrogens with two attached hydrogens (primary N) is 1. The van der Waals surface area contributed by atoms with Crippen molar-refractivity contribution in [3.63, 3.8) is 0 Å². The third kappa shape index (κ3) is 5.36. The molecule has 5 saturated heterocycles. The van der Waals surface area contributed by atoms with Crippen LogP contribution >= 0.6 is 22.9 Å². The van der Waals surface area contributed by atoms with E-state index in [0.717, 1.165) is 43.6 Å². The molecule has 1 aliphatic carbocycles. The molecule has 1 unspecified atom stereocenters. The molecule has 5 aliphatic heterocycles. The van der Waals surface area contributed by atoms with Crippen molar-refractivity contribution in [2.75, 3.05) is 56.5 Å². The molecule has 53 heavy (non-hydrogen) atoms. The van der Waals surface area contributed by atoms with Crippen LogP contribution in [0.25, 0.3) is 32.1 Å². The topological polar surface area (TPSA) is 134 Å². The number of ether oxygens (including phenoxy) is 1. The highest BCUT2D eigenvalue weighted by Gasteiger charge is 2.55. The molecule has 10 nitrogen and oxygen atoms in total. The lowest BCUT2D eigenvalue weighted by Gasteiger charge is -2.31. The first-order chi connectivity index (χ1) is 25.6. The standard InChI is InChI=1S/C38H38ClF3N8O2S/c39-24-12-22-30(28(42)27(24)21-4-5-25(41)32-26(21)23(14-43)33(44)53-32)46-36(52-18-38-6-1-9-50(38)15-20(40)13-38)47-34(22)48-10-7-37(16-48)8-11-49(17-37)35(51)31-29(45-31)19-2-3-19/h4-5,12,19-20,29,31,45H,1-3,6-11,13,15-18,44H2/t20-,29+,31-,37?,38+/m1/s1. The zero-order valence-electron chi connectivity index (χ0n) is 28.9. The van der Waals surface area contributed by atoms with Gasteiger partial charge in [0, 0.05) is 66.9 Å². The number of nitrogens with one attached hydrogen (secondary N) is 1. The van der Waals surface area contributed by atoms with E-state index in [0.29, 0.717) is 62.3 Å². The molecule has 0 radical (unpaired) electrons. The van der Waals surface area contributed by atoms with E-state index in [1.807, 2.05) is 11.0 Å². The van der Waals surface area contributed by atoms with Crippen LogP contribution in [0.5, 0.6) is 6.01 Å². The van der Waals surface area contributed by atoms with Gasteiger partial charge in [-0.3, -0.25) is 15.0 Å². The second kappa shape index (κ2) is 12.1. The highest BCUT2D eigenvalue weighted by atomic mass is 35.5. The molecule has 0 bridgehead atoms. The Morgan fingerprint density at radius 3 is 2.81 bits per heavy atom. The molecule has 2 aromatic carbocycles. The summed E-state index contributed by atoms with van der Waals surface area (Å²) in [4.78, 5) is 29.2. The number of rotatable bonds is 7. The lowest BCUT2D eigenvalue weighted by molar-refractivity contribution is -0.130. The summed E-state index contributed by atoms with van der Waals surface area (Å²) in [5, 5.41) is 14.1. The van der Waals surface area contributed by atoms with Gasteiger partial charge in [0.05, 0.1) is 20.8 Å². The first kappa shape index (κ1) is 33.7. The summed E-state index contributed by atoms with van der Waals surface area (Å²) in [5.41, 5.74) is 5.70. The second-order valence-corrected chi connectivity index (χ2v) is 17.5. The van der Waals surface area contributed by atoms with E-state index in [9.17, 15) is 18.8 Å². The maximum atomic E-state index is 17.2. The number of aromatic nitrogens is 2. The molecule has 1 spiro atoms. The Hall–Kier alpha value is -3.90. The average Bonchev–Trinajstić information content (AvgIpc) is 3.91. The summed E-state index contributed by atoms with van der Waals surface area (Å²) in [6.07, 6.45) is 5.21. The SMILES string of the molecule is N#Cc1c(N)sc2c(F)ccc(-c3c(Cl)cc4c(N5CCC6(CCN(C(=O)[C@@H]7N[C@H]7C7CC7)C6)C5)nc(OC[C@@]56CCCN5C[C@H](F)C6)nc4c3F)c12. The van der Waals surface area contributed by atoms with Gasteiger partial charge in [-0.15, -0.1) is 11.3 Å². The lowest BCUT2D eigenvalue weighted by atomic mass is 9.86. The molecule has 1 saturated carbocycles. The van der Waals surface area contributed by atoms with E-state index in [1.165, 1.54) is 25.0 Å². The maximum absolute atomic E-state index is 17.2. The molecule has 4 aromatic rings. The Morgan fingerprint density at radius 1 is 1.17 bits per heavy atom. The van der Waals surface area contributed by atoms with Crippen LogP contribution in [0.2, 0.25) is 5.02 Å². The molecule has 3 N–H and O–H groups in total.